The molecule has 0 unspecified atom stereocenters. The van der Waals surface area contributed by atoms with E-state index in [0.29, 0.717) is 41.4 Å². The molecule has 2 aromatic rings. The van der Waals surface area contributed by atoms with Crippen LogP contribution in [-0.2, 0) is 4.79 Å². The lowest BCUT2D eigenvalue weighted by molar-refractivity contribution is -0.123. The van der Waals surface area contributed by atoms with Crippen LogP contribution in [0.15, 0.2) is 30.3 Å². The molecule has 1 aliphatic rings. The number of likely N-dealkylation sites (tertiary alicyclic amines) is 1. The number of phenols is 1. The Morgan fingerprint density at radius 2 is 1.70 bits per heavy atom. The molecule has 1 aromatic carbocycles. The van der Waals surface area contributed by atoms with Gasteiger partial charge in [0, 0.05) is 30.0 Å². The van der Waals surface area contributed by atoms with Gasteiger partial charge in [-0.2, -0.15) is 0 Å². The highest BCUT2D eigenvalue weighted by atomic mass is 32.1. The van der Waals surface area contributed by atoms with Crippen LogP contribution in [0, 0.1) is 18.3 Å². The third-order valence-electron chi connectivity index (χ3n) is 5.33. The number of carbonyl (C=O) groups excluding carboxylic acids is 3. The number of hydrogen-bond acceptors (Lipinski definition) is 5. The van der Waals surface area contributed by atoms with Crippen LogP contribution in [0.4, 0.5) is 5.00 Å². The second-order valence-electron chi connectivity index (χ2n) is 8.80. The molecule has 3 rings (SSSR count). The maximum absolute atomic E-state index is 13.0. The van der Waals surface area contributed by atoms with Crippen molar-refractivity contribution in [2.24, 2.45) is 11.3 Å². The number of phenolic OH excluding ortho intramolecular Hbond substituents is 1. The fourth-order valence-corrected chi connectivity index (χ4v) is 4.44. The van der Waals surface area contributed by atoms with Gasteiger partial charge >= 0.3 is 0 Å². The van der Waals surface area contributed by atoms with Gasteiger partial charge in [0.05, 0.1) is 9.88 Å². The zero-order valence-electron chi connectivity index (χ0n) is 17.8. The number of carbonyl (C=O) groups is 3. The number of thiophene rings is 1. The highest BCUT2D eigenvalue weighted by Gasteiger charge is 2.30. The predicted octanol–water partition coefficient (Wildman–Crippen LogP) is 4.48. The fourth-order valence-electron chi connectivity index (χ4n) is 3.41. The Labute approximate surface area is 180 Å². The average Bonchev–Trinajstić information content (AvgIpc) is 3.07. The quantitative estimate of drug-likeness (QED) is 0.703. The molecule has 1 saturated heterocycles. The van der Waals surface area contributed by atoms with E-state index in [0.717, 1.165) is 5.56 Å². The maximum atomic E-state index is 13.0. The molecule has 2 N–H and O–H groups in total. The van der Waals surface area contributed by atoms with Crippen LogP contribution in [0.3, 0.4) is 0 Å². The van der Waals surface area contributed by atoms with Crippen molar-refractivity contribution < 1.29 is 19.5 Å². The summed E-state index contributed by atoms with van der Waals surface area (Å²) in [7, 11) is 0. The second-order valence-corrected chi connectivity index (χ2v) is 9.86. The molecule has 0 spiro atoms. The van der Waals surface area contributed by atoms with E-state index in [1.54, 1.807) is 17.0 Å². The number of aryl methyl sites for hydroxylation is 1. The molecule has 0 aliphatic carbocycles. The van der Waals surface area contributed by atoms with Gasteiger partial charge in [-0.1, -0.05) is 20.8 Å². The summed E-state index contributed by atoms with van der Waals surface area (Å²) in [5.41, 5.74) is 0.927. The number of aromatic hydroxyl groups is 1. The molecule has 1 aliphatic heterocycles. The number of rotatable bonds is 4. The molecule has 0 bridgehead atoms. The smallest absolute Gasteiger partial charge is 0.264 e. The number of anilines is 1. The van der Waals surface area contributed by atoms with Gasteiger partial charge < -0.3 is 15.3 Å². The van der Waals surface area contributed by atoms with Crippen molar-refractivity contribution in [1.82, 2.24) is 4.90 Å². The van der Waals surface area contributed by atoms with Gasteiger partial charge in [0.2, 0.25) is 5.91 Å². The number of benzene rings is 1. The van der Waals surface area contributed by atoms with Crippen molar-refractivity contribution in [3.63, 3.8) is 0 Å². The van der Waals surface area contributed by atoms with Crippen LogP contribution >= 0.6 is 11.3 Å². The van der Waals surface area contributed by atoms with Crippen molar-refractivity contribution in [2.45, 2.75) is 40.5 Å². The first-order valence-corrected chi connectivity index (χ1v) is 10.9. The van der Waals surface area contributed by atoms with E-state index in [1.165, 1.54) is 23.5 Å². The van der Waals surface area contributed by atoms with Gasteiger partial charge in [-0.3, -0.25) is 14.4 Å². The summed E-state index contributed by atoms with van der Waals surface area (Å²) >= 11 is 1.30. The fraction of sp³-hybridized carbons (Fsp3) is 0.435. The van der Waals surface area contributed by atoms with Crippen LogP contribution in [0.2, 0.25) is 0 Å². The molecule has 0 radical (unpaired) electrons. The van der Waals surface area contributed by atoms with Crippen molar-refractivity contribution in [2.75, 3.05) is 18.4 Å². The predicted molar refractivity (Wildman–Crippen MR) is 118 cm³/mol. The summed E-state index contributed by atoms with van der Waals surface area (Å²) < 4.78 is 0. The summed E-state index contributed by atoms with van der Waals surface area (Å²) in [5, 5.41) is 13.0. The minimum absolute atomic E-state index is 0.0516. The van der Waals surface area contributed by atoms with Gasteiger partial charge in [0.25, 0.3) is 5.91 Å². The Morgan fingerprint density at radius 3 is 2.27 bits per heavy atom. The average molecular weight is 429 g/mol. The van der Waals surface area contributed by atoms with E-state index in [9.17, 15) is 19.5 Å². The Balaban J connectivity index is 1.62. The summed E-state index contributed by atoms with van der Waals surface area (Å²) in [6, 6.07) is 8.14. The number of piperidine rings is 1. The van der Waals surface area contributed by atoms with Gasteiger partial charge in [-0.15, -0.1) is 11.3 Å². The second kappa shape index (κ2) is 8.60. The van der Waals surface area contributed by atoms with Crippen LogP contribution in [-0.4, -0.2) is 40.7 Å². The monoisotopic (exact) mass is 428 g/mol. The first kappa shape index (κ1) is 22.0. The highest BCUT2D eigenvalue weighted by Crippen LogP contribution is 2.31. The molecule has 0 atom stereocenters. The molecular formula is C23H28N2O4S. The van der Waals surface area contributed by atoms with E-state index >= 15 is 0 Å². The Kier molecular flexibility index (Phi) is 6.31. The van der Waals surface area contributed by atoms with E-state index in [-0.39, 0.29) is 29.3 Å². The normalized spacial score (nSPS) is 15.1. The lowest BCUT2D eigenvalue weighted by Crippen LogP contribution is -2.40. The largest absolute Gasteiger partial charge is 0.508 e. The molecule has 2 amide bonds. The minimum atomic E-state index is -0.506. The van der Waals surface area contributed by atoms with Crippen LogP contribution in [0.25, 0.3) is 0 Å². The SMILES string of the molecule is Cc1cc(NC(=O)C(C)(C)C)sc1C(=O)N1CCC(C(=O)c2ccc(O)cc2)CC1. The number of amides is 2. The Morgan fingerprint density at radius 1 is 1.10 bits per heavy atom. The lowest BCUT2D eigenvalue weighted by atomic mass is 9.89. The molecule has 6 nitrogen and oxygen atoms in total. The number of nitrogens with one attached hydrogen (secondary N) is 1. The minimum Gasteiger partial charge on any atom is -0.508 e. The Hall–Kier alpha value is -2.67. The van der Waals surface area contributed by atoms with E-state index in [2.05, 4.69) is 5.32 Å². The number of ketones is 1. The highest BCUT2D eigenvalue weighted by molar-refractivity contribution is 7.18. The standard InChI is InChI=1S/C23H28N2O4S/c1-14-13-18(24-22(29)23(2,3)4)30-20(14)21(28)25-11-9-16(10-12-25)19(27)15-5-7-17(26)8-6-15/h5-8,13,16,26H,9-12H2,1-4H3,(H,24,29). The van der Waals surface area contributed by atoms with Gasteiger partial charge in [-0.25, -0.2) is 0 Å². The first-order valence-electron chi connectivity index (χ1n) is 10.1. The molecule has 160 valence electrons. The summed E-state index contributed by atoms with van der Waals surface area (Å²) in [5.74, 6) is -0.0665. The summed E-state index contributed by atoms with van der Waals surface area (Å²) in [4.78, 5) is 40.3. The Bertz CT molecular complexity index is 949. The van der Waals surface area contributed by atoms with Crippen LogP contribution in [0.1, 0.15) is 59.2 Å². The third kappa shape index (κ3) is 4.90. The zero-order valence-corrected chi connectivity index (χ0v) is 18.6. The number of nitrogens with zero attached hydrogens (tertiary/aromatic N) is 1. The molecule has 0 saturated carbocycles. The number of hydrogen-bond donors (Lipinski definition) is 2. The first-order chi connectivity index (χ1) is 14.1. The molecule has 1 fully saturated rings. The van der Waals surface area contributed by atoms with Crippen molar-refractivity contribution >= 4 is 33.9 Å². The molecule has 30 heavy (non-hydrogen) atoms. The third-order valence-corrected chi connectivity index (χ3v) is 6.48. The van der Waals surface area contributed by atoms with Gasteiger partial charge in [0.15, 0.2) is 5.78 Å². The van der Waals surface area contributed by atoms with E-state index < -0.39 is 5.41 Å². The van der Waals surface area contributed by atoms with Crippen LogP contribution < -0.4 is 5.32 Å². The molecular weight excluding hydrogens is 400 g/mol. The topological polar surface area (TPSA) is 86.7 Å². The van der Waals surface area contributed by atoms with E-state index in [1.807, 2.05) is 33.8 Å². The van der Waals surface area contributed by atoms with Crippen molar-refractivity contribution in [3.05, 3.63) is 46.3 Å². The van der Waals surface area contributed by atoms with Gasteiger partial charge in [0.1, 0.15) is 5.75 Å². The summed E-state index contributed by atoms with van der Waals surface area (Å²) in [6.45, 7) is 8.45. The van der Waals surface area contributed by atoms with Gasteiger partial charge in [-0.05, 0) is 55.7 Å². The molecule has 2 heterocycles. The van der Waals surface area contributed by atoms with E-state index in [4.69, 9.17) is 0 Å². The van der Waals surface area contributed by atoms with Crippen LogP contribution in [0.5, 0.6) is 5.75 Å². The lowest BCUT2D eigenvalue weighted by Gasteiger charge is -2.31. The number of Topliss-reactive ketones (excluding diaryl/α,β-unsaturated/α-hetero) is 1. The zero-order chi connectivity index (χ0) is 22.1. The van der Waals surface area contributed by atoms with Crippen molar-refractivity contribution in [1.29, 1.82) is 0 Å². The summed E-state index contributed by atoms with van der Waals surface area (Å²) in [6.07, 6.45) is 1.23. The molecule has 7 heteroatoms. The molecule has 1 aromatic heterocycles. The maximum Gasteiger partial charge on any atom is 0.264 e. The van der Waals surface area contributed by atoms with Crippen molar-refractivity contribution in [3.8, 4) is 5.75 Å².